The molecule has 0 rings (SSSR count). The maximum atomic E-state index is 11.7. The molecule has 0 aromatic carbocycles. The normalized spacial score (nSPS) is 11.7. The predicted molar refractivity (Wildman–Crippen MR) is 63.9 cm³/mol. The van der Waals surface area contributed by atoms with E-state index in [0.717, 1.165) is 5.57 Å². The molecule has 0 saturated heterocycles. The van der Waals surface area contributed by atoms with Crippen molar-refractivity contribution in [2.45, 2.75) is 20.0 Å². The van der Waals surface area contributed by atoms with Gasteiger partial charge in [0.25, 0.3) is 0 Å². The van der Waals surface area contributed by atoms with Gasteiger partial charge in [0.05, 0.1) is 6.54 Å². The highest BCUT2D eigenvalue weighted by atomic mass is 16.5. The zero-order valence-electron chi connectivity index (χ0n) is 10.5. The molecule has 6 heteroatoms. The van der Waals surface area contributed by atoms with E-state index in [2.05, 4.69) is 11.9 Å². The summed E-state index contributed by atoms with van der Waals surface area (Å²) in [6.07, 6.45) is -1.03. The highest BCUT2D eigenvalue weighted by molar-refractivity contribution is 5.77. The number of likely N-dealkylation sites (N-methyl/N-ethyl adjacent to an activating group) is 1. The zero-order chi connectivity index (χ0) is 13.4. The van der Waals surface area contributed by atoms with Crippen LogP contribution < -0.4 is 5.32 Å². The van der Waals surface area contributed by atoms with Crippen LogP contribution in [0.25, 0.3) is 0 Å². The van der Waals surface area contributed by atoms with Gasteiger partial charge in [0.15, 0.2) is 6.10 Å². The smallest absolute Gasteiger partial charge is 0.334 e. The van der Waals surface area contributed by atoms with Gasteiger partial charge in [0.1, 0.15) is 0 Å². The van der Waals surface area contributed by atoms with Gasteiger partial charge in [-0.05, 0) is 13.8 Å². The van der Waals surface area contributed by atoms with Gasteiger partial charge < -0.3 is 20.1 Å². The molecule has 0 radical (unpaired) electrons. The number of nitrogens with one attached hydrogen (secondary N) is 1. The van der Waals surface area contributed by atoms with E-state index in [1.54, 1.807) is 0 Å². The van der Waals surface area contributed by atoms with Crippen molar-refractivity contribution in [2.75, 3.05) is 26.7 Å². The zero-order valence-corrected chi connectivity index (χ0v) is 10.5. The number of amides is 2. The molecular formula is C11H20N2O4. The molecule has 17 heavy (non-hydrogen) atoms. The summed E-state index contributed by atoms with van der Waals surface area (Å²) in [6.45, 7) is 8.31. The third kappa shape index (κ3) is 5.91. The first-order valence-electron chi connectivity index (χ1n) is 5.35. The first-order valence-corrected chi connectivity index (χ1v) is 5.35. The number of carboxylic acids is 1. The van der Waals surface area contributed by atoms with E-state index in [1.165, 1.54) is 12.0 Å². The molecule has 0 aromatic rings. The van der Waals surface area contributed by atoms with E-state index in [0.29, 0.717) is 13.1 Å². The predicted octanol–water partition coefficient (Wildman–Crippen LogP) is 0.694. The number of hydrogen-bond acceptors (Lipinski definition) is 3. The molecule has 0 spiro atoms. The van der Waals surface area contributed by atoms with E-state index >= 15 is 0 Å². The number of carbonyl (C=O) groups excluding carboxylic acids is 1. The maximum absolute atomic E-state index is 11.7. The van der Waals surface area contributed by atoms with Gasteiger partial charge in [-0.1, -0.05) is 12.2 Å². The molecular weight excluding hydrogens is 224 g/mol. The Balaban J connectivity index is 4.22. The molecule has 98 valence electrons. The van der Waals surface area contributed by atoms with Crippen molar-refractivity contribution >= 4 is 12.0 Å². The van der Waals surface area contributed by atoms with Crippen molar-refractivity contribution in [3.05, 3.63) is 12.2 Å². The standard InChI is InChI=1S/C11H20N2O4/c1-5-13(7-8(2)3)11(16)12-6-9(17-4)10(14)15/h9H,2,5-7H2,1,3-4H3,(H,12,16)(H,14,15). The Morgan fingerprint density at radius 3 is 2.47 bits per heavy atom. The van der Waals surface area contributed by atoms with Crippen molar-refractivity contribution in [3.8, 4) is 0 Å². The largest absolute Gasteiger partial charge is 0.479 e. The maximum Gasteiger partial charge on any atom is 0.334 e. The fourth-order valence-electron chi connectivity index (χ4n) is 1.22. The van der Waals surface area contributed by atoms with Crippen LogP contribution in [0.4, 0.5) is 4.79 Å². The lowest BCUT2D eigenvalue weighted by atomic mass is 10.3. The van der Waals surface area contributed by atoms with Gasteiger partial charge in [-0.15, -0.1) is 0 Å². The Kier molecular flexibility index (Phi) is 6.97. The molecule has 0 heterocycles. The fourth-order valence-corrected chi connectivity index (χ4v) is 1.22. The first kappa shape index (κ1) is 15.4. The second-order valence-electron chi connectivity index (χ2n) is 3.72. The Labute approximate surface area is 101 Å². The molecule has 1 atom stereocenters. The minimum Gasteiger partial charge on any atom is -0.479 e. The van der Waals surface area contributed by atoms with Gasteiger partial charge >= 0.3 is 12.0 Å². The molecule has 0 aliphatic heterocycles. The molecule has 0 saturated carbocycles. The number of hydrogen-bond donors (Lipinski definition) is 2. The number of ether oxygens (including phenoxy) is 1. The number of urea groups is 1. The van der Waals surface area contributed by atoms with Crippen LogP contribution in [0.2, 0.25) is 0 Å². The Bertz CT molecular complexity index is 291. The quantitative estimate of drug-likeness (QED) is 0.646. The minimum absolute atomic E-state index is 0.0582. The molecule has 0 bridgehead atoms. The molecule has 6 nitrogen and oxygen atoms in total. The molecule has 2 N–H and O–H groups in total. The van der Waals surface area contributed by atoms with Gasteiger partial charge in [0, 0.05) is 20.2 Å². The monoisotopic (exact) mass is 244 g/mol. The number of nitrogens with zero attached hydrogens (tertiary/aromatic N) is 1. The van der Waals surface area contributed by atoms with E-state index < -0.39 is 12.1 Å². The average Bonchev–Trinajstić information content (AvgIpc) is 2.25. The van der Waals surface area contributed by atoms with Crippen LogP contribution >= 0.6 is 0 Å². The van der Waals surface area contributed by atoms with Gasteiger partial charge in [0.2, 0.25) is 0 Å². The van der Waals surface area contributed by atoms with Crippen molar-refractivity contribution < 1.29 is 19.4 Å². The summed E-state index contributed by atoms with van der Waals surface area (Å²) in [7, 11) is 1.29. The van der Waals surface area contributed by atoms with Crippen LogP contribution in [-0.2, 0) is 9.53 Å². The van der Waals surface area contributed by atoms with Gasteiger partial charge in [-0.2, -0.15) is 0 Å². The summed E-state index contributed by atoms with van der Waals surface area (Å²) in [6, 6.07) is -0.321. The van der Waals surface area contributed by atoms with Crippen LogP contribution in [0, 0.1) is 0 Å². The van der Waals surface area contributed by atoms with Crippen LogP contribution in [0.1, 0.15) is 13.8 Å². The molecule has 0 fully saturated rings. The number of carbonyl (C=O) groups is 2. The van der Waals surface area contributed by atoms with Crippen LogP contribution in [-0.4, -0.2) is 54.9 Å². The third-order valence-electron chi connectivity index (χ3n) is 2.13. The van der Waals surface area contributed by atoms with E-state index in [-0.39, 0.29) is 12.6 Å². The number of aliphatic carboxylic acids is 1. The average molecular weight is 244 g/mol. The topological polar surface area (TPSA) is 78.9 Å². The second kappa shape index (κ2) is 7.67. The lowest BCUT2D eigenvalue weighted by Gasteiger charge is -2.22. The van der Waals surface area contributed by atoms with Crippen molar-refractivity contribution in [3.63, 3.8) is 0 Å². The number of carboxylic acid groups (broad SMARTS) is 1. The first-order chi connectivity index (χ1) is 7.92. The van der Waals surface area contributed by atoms with Crippen molar-refractivity contribution in [1.29, 1.82) is 0 Å². The number of rotatable bonds is 7. The molecule has 2 amide bonds. The lowest BCUT2D eigenvalue weighted by Crippen LogP contribution is -2.45. The van der Waals surface area contributed by atoms with Gasteiger partial charge in [-0.25, -0.2) is 9.59 Å². The Morgan fingerprint density at radius 2 is 2.12 bits per heavy atom. The Morgan fingerprint density at radius 1 is 1.53 bits per heavy atom. The molecule has 0 aliphatic carbocycles. The van der Waals surface area contributed by atoms with Gasteiger partial charge in [-0.3, -0.25) is 0 Å². The molecule has 0 aromatic heterocycles. The van der Waals surface area contributed by atoms with E-state index in [4.69, 9.17) is 9.84 Å². The SMILES string of the molecule is C=C(C)CN(CC)C(=O)NCC(OC)C(=O)O. The molecule has 0 aliphatic rings. The van der Waals surface area contributed by atoms with Crippen molar-refractivity contribution in [1.82, 2.24) is 10.2 Å². The van der Waals surface area contributed by atoms with Crippen LogP contribution in [0.3, 0.4) is 0 Å². The number of methoxy groups -OCH3 is 1. The summed E-state index contributed by atoms with van der Waals surface area (Å²) >= 11 is 0. The molecule has 1 unspecified atom stereocenters. The second-order valence-corrected chi connectivity index (χ2v) is 3.72. The summed E-state index contributed by atoms with van der Waals surface area (Å²) < 4.78 is 4.71. The lowest BCUT2D eigenvalue weighted by molar-refractivity contribution is -0.148. The highest BCUT2D eigenvalue weighted by Crippen LogP contribution is 1.97. The Hall–Kier alpha value is -1.56. The third-order valence-corrected chi connectivity index (χ3v) is 2.13. The van der Waals surface area contributed by atoms with E-state index in [1.807, 2.05) is 13.8 Å². The van der Waals surface area contributed by atoms with Crippen LogP contribution in [0.5, 0.6) is 0 Å². The summed E-state index contributed by atoms with van der Waals surface area (Å²) in [5.74, 6) is -1.10. The fraction of sp³-hybridized carbons (Fsp3) is 0.636. The summed E-state index contributed by atoms with van der Waals surface area (Å²) in [4.78, 5) is 23.9. The van der Waals surface area contributed by atoms with E-state index in [9.17, 15) is 9.59 Å². The summed E-state index contributed by atoms with van der Waals surface area (Å²) in [5.41, 5.74) is 0.864. The van der Waals surface area contributed by atoms with Crippen molar-refractivity contribution in [2.24, 2.45) is 0 Å². The summed E-state index contributed by atoms with van der Waals surface area (Å²) in [5, 5.41) is 11.2. The van der Waals surface area contributed by atoms with Crippen LogP contribution in [0.15, 0.2) is 12.2 Å². The minimum atomic E-state index is -1.10. The highest BCUT2D eigenvalue weighted by Gasteiger charge is 2.19.